The molecule has 0 saturated carbocycles. The van der Waals surface area contributed by atoms with Gasteiger partial charge in [0, 0.05) is 10.6 Å². The van der Waals surface area contributed by atoms with Crippen molar-refractivity contribution in [3.63, 3.8) is 0 Å². The fraction of sp³-hybridized carbons (Fsp3) is 0.417. The van der Waals surface area contributed by atoms with Crippen molar-refractivity contribution < 1.29 is 9.53 Å². The second kappa shape index (κ2) is 4.07. The minimum Gasteiger partial charge on any atom is -0.353 e. The molecular formula is C12H14ClNO2. The van der Waals surface area contributed by atoms with Crippen LogP contribution in [0, 0.1) is 5.41 Å². The molecule has 0 radical (unpaired) electrons. The second-order valence-corrected chi connectivity index (χ2v) is 4.98. The van der Waals surface area contributed by atoms with Crippen molar-refractivity contribution in [3.05, 3.63) is 34.9 Å². The number of halogens is 1. The van der Waals surface area contributed by atoms with Gasteiger partial charge in [0.2, 0.25) is 5.91 Å². The van der Waals surface area contributed by atoms with Crippen molar-refractivity contribution >= 4 is 17.5 Å². The van der Waals surface area contributed by atoms with Crippen molar-refractivity contribution in [2.24, 2.45) is 5.41 Å². The minimum atomic E-state index is -0.474. The number of carbonyl (C=O) groups is 1. The first kappa shape index (κ1) is 11.4. The van der Waals surface area contributed by atoms with Gasteiger partial charge in [-0.3, -0.25) is 4.79 Å². The molecule has 16 heavy (non-hydrogen) atoms. The Morgan fingerprint density at radius 1 is 1.44 bits per heavy atom. The number of nitrogens with one attached hydrogen (secondary N) is 1. The Kier molecular flexibility index (Phi) is 2.91. The van der Waals surface area contributed by atoms with E-state index in [-0.39, 0.29) is 5.91 Å². The van der Waals surface area contributed by atoms with Crippen LogP contribution in [0.4, 0.5) is 0 Å². The van der Waals surface area contributed by atoms with Crippen molar-refractivity contribution in [3.8, 4) is 0 Å². The first-order chi connectivity index (χ1) is 7.50. The third kappa shape index (κ3) is 2.06. The molecule has 0 bridgehead atoms. The van der Waals surface area contributed by atoms with E-state index in [1.807, 2.05) is 32.0 Å². The Bertz CT molecular complexity index is 417. The van der Waals surface area contributed by atoms with E-state index in [1.165, 1.54) is 0 Å². The molecule has 0 unspecified atom stereocenters. The van der Waals surface area contributed by atoms with Gasteiger partial charge in [-0.05, 0) is 19.9 Å². The molecule has 1 atom stereocenters. The summed E-state index contributed by atoms with van der Waals surface area (Å²) >= 11 is 6.05. The molecule has 1 aromatic carbocycles. The molecule has 0 spiro atoms. The lowest BCUT2D eigenvalue weighted by molar-refractivity contribution is -0.150. The lowest BCUT2D eigenvalue weighted by Crippen LogP contribution is -2.48. The molecule has 1 saturated heterocycles. The van der Waals surface area contributed by atoms with Crippen LogP contribution in [0.5, 0.6) is 0 Å². The lowest BCUT2D eigenvalue weighted by Gasteiger charge is -2.34. The average Bonchev–Trinajstić information content (AvgIpc) is 2.23. The molecule has 1 amide bonds. The lowest BCUT2D eigenvalue weighted by atomic mass is 9.92. The summed E-state index contributed by atoms with van der Waals surface area (Å²) in [7, 11) is 0. The summed E-state index contributed by atoms with van der Waals surface area (Å²) in [5.74, 6) is -0.0105. The normalized spacial score (nSPS) is 23.9. The van der Waals surface area contributed by atoms with Gasteiger partial charge in [-0.15, -0.1) is 0 Å². The van der Waals surface area contributed by atoms with E-state index < -0.39 is 11.6 Å². The predicted octanol–water partition coefficient (Wildman–Crippen LogP) is 2.51. The fourth-order valence-electron chi connectivity index (χ4n) is 1.57. The molecule has 86 valence electrons. The zero-order valence-electron chi connectivity index (χ0n) is 9.29. The number of benzene rings is 1. The van der Waals surface area contributed by atoms with Gasteiger partial charge in [-0.25, -0.2) is 0 Å². The summed E-state index contributed by atoms with van der Waals surface area (Å²) in [6.07, 6.45) is -0.436. The minimum absolute atomic E-state index is 0.0105. The number of amides is 1. The Morgan fingerprint density at radius 3 is 2.75 bits per heavy atom. The van der Waals surface area contributed by atoms with Crippen LogP contribution in [0.15, 0.2) is 24.3 Å². The number of ether oxygens (including phenoxy) is 1. The predicted molar refractivity (Wildman–Crippen MR) is 62.1 cm³/mol. The number of carbonyl (C=O) groups excluding carboxylic acids is 1. The van der Waals surface area contributed by atoms with Crippen LogP contribution in [0.1, 0.15) is 25.6 Å². The Hall–Kier alpha value is -1.06. The second-order valence-electron chi connectivity index (χ2n) is 4.57. The van der Waals surface area contributed by atoms with Gasteiger partial charge < -0.3 is 10.1 Å². The molecule has 0 aliphatic carbocycles. The Balaban J connectivity index is 2.20. The highest BCUT2D eigenvalue weighted by Gasteiger charge is 2.36. The topological polar surface area (TPSA) is 38.3 Å². The van der Waals surface area contributed by atoms with E-state index in [0.717, 1.165) is 5.56 Å². The zero-order valence-corrected chi connectivity index (χ0v) is 10.0. The molecule has 1 aromatic rings. The maximum Gasteiger partial charge on any atom is 0.230 e. The van der Waals surface area contributed by atoms with E-state index >= 15 is 0 Å². The van der Waals surface area contributed by atoms with E-state index in [1.54, 1.807) is 6.07 Å². The molecule has 4 heteroatoms. The van der Waals surface area contributed by atoms with Crippen molar-refractivity contribution in [1.82, 2.24) is 5.32 Å². The SMILES string of the molecule is CC1(C)CO[C@@H](c2ccccc2Cl)NC1=O. The summed E-state index contributed by atoms with van der Waals surface area (Å²) in [5.41, 5.74) is 0.325. The zero-order chi connectivity index (χ0) is 11.8. The summed E-state index contributed by atoms with van der Waals surface area (Å²) in [4.78, 5) is 11.8. The van der Waals surface area contributed by atoms with Crippen molar-refractivity contribution in [2.45, 2.75) is 20.1 Å². The molecule has 2 rings (SSSR count). The van der Waals surface area contributed by atoms with E-state index in [0.29, 0.717) is 11.6 Å². The summed E-state index contributed by atoms with van der Waals surface area (Å²) < 4.78 is 5.61. The highest BCUT2D eigenvalue weighted by molar-refractivity contribution is 6.31. The first-order valence-electron chi connectivity index (χ1n) is 5.18. The third-order valence-electron chi connectivity index (χ3n) is 2.68. The standard InChI is InChI=1S/C12H14ClNO2/c1-12(2)7-16-10(14-11(12)15)8-5-3-4-6-9(8)13/h3-6,10H,7H2,1-2H3,(H,14,15)/t10-/m0/s1. The molecule has 1 fully saturated rings. The van der Waals surface area contributed by atoms with E-state index in [9.17, 15) is 4.79 Å². The highest BCUT2D eigenvalue weighted by atomic mass is 35.5. The monoisotopic (exact) mass is 239 g/mol. The van der Waals surface area contributed by atoms with Gasteiger partial charge in [0.25, 0.3) is 0 Å². The number of hydrogen-bond donors (Lipinski definition) is 1. The number of rotatable bonds is 1. The van der Waals surface area contributed by atoms with Crippen LogP contribution >= 0.6 is 11.6 Å². The third-order valence-corrected chi connectivity index (χ3v) is 3.02. The molecule has 1 N–H and O–H groups in total. The molecular weight excluding hydrogens is 226 g/mol. The molecule has 1 aliphatic heterocycles. The summed E-state index contributed by atoms with van der Waals surface area (Å²) in [6.45, 7) is 4.10. The Morgan fingerprint density at radius 2 is 2.12 bits per heavy atom. The van der Waals surface area contributed by atoms with Gasteiger partial charge in [0.1, 0.15) is 0 Å². The van der Waals surface area contributed by atoms with Gasteiger partial charge in [0.15, 0.2) is 6.23 Å². The molecule has 1 aliphatic rings. The van der Waals surface area contributed by atoms with Crippen LogP contribution in [0.25, 0.3) is 0 Å². The maximum absolute atomic E-state index is 11.8. The van der Waals surface area contributed by atoms with Crippen LogP contribution in [-0.4, -0.2) is 12.5 Å². The highest BCUT2D eigenvalue weighted by Crippen LogP contribution is 2.30. The van der Waals surface area contributed by atoms with E-state index in [4.69, 9.17) is 16.3 Å². The quantitative estimate of drug-likeness (QED) is 0.818. The van der Waals surface area contributed by atoms with Crippen LogP contribution in [-0.2, 0) is 9.53 Å². The van der Waals surface area contributed by atoms with Gasteiger partial charge >= 0.3 is 0 Å². The van der Waals surface area contributed by atoms with Gasteiger partial charge in [0.05, 0.1) is 12.0 Å². The molecule has 0 aromatic heterocycles. The molecule has 3 nitrogen and oxygen atoms in total. The fourth-order valence-corrected chi connectivity index (χ4v) is 1.80. The smallest absolute Gasteiger partial charge is 0.230 e. The summed E-state index contributed by atoms with van der Waals surface area (Å²) in [6, 6.07) is 7.36. The van der Waals surface area contributed by atoms with Crippen LogP contribution in [0.2, 0.25) is 5.02 Å². The van der Waals surface area contributed by atoms with Crippen molar-refractivity contribution in [2.75, 3.05) is 6.61 Å². The summed E-state index contributed by atoms with van der Waals surface area (Å²) in [5, 5.41) is 3.42. The Labute approximate surface area is 99.7 Å². The van der Waals surface area contributed by atoms with Crippen LogP contribution in [0.3, 0.4) is 0 Å². The first-order valence-corrected chi connectivity index (χ1v) is 5.55. The van der Waals surface area contributed by atoms with Crippen LogP contribution < -0.4 is 5.32 Å². The number of hydrogen-bond acceptors (Lipinski definition) is 2. The van der Waals surface area contributed by atoms with Gasteiger partial charge in [-0.1, -0.05) is 29.8 Å². The van der Waals surface area contributed by atoms with Crippen molar-refractivity contribution in [1.29, 1.82) is 0 Å². The van der Waals surface area contributed by atoms with E-state index in [2.05, 4.69) is 5.32 Å². The largest absolute Gasteiger partial charge is 0.353 e. The van der Waals surface area contributed by atoms with Gasteiger partial charge in [-0.2, -0.15) is 0 Å². The average molecular weight is 240 g/mol. The molecule has 1 heterocycles. The maximum atomic E-state index is 11.8.